The van der Waals surface area contributed by atoms with Crippen LogP contribution in [0.1, 0.15) is 21.5 Å². The lowest BCUT2D eigenvalue weighted by atomic mass is 10.1. The van der Waals surface area contributed by atoms with Crippen molar-refractivity contribution in [3.63, 3.8) is 0 Å². The Labute approximate surface area is 139 Å². The Morgan fingerprint density at radius 3 is 2.54 bits per heavy atom. The molecule has 0 spiro atoms. The van der Waals surface area contributed by atoms with Crippen LogP contribution in [-0.4, -0.2) is 25.3 Å². The van der Waals surface area contributed by atoms with Crippen LogP contribution in [0.2, 0.25) is 0 Å². The Balaban J connectivity index is 2.22. The summed E-state index contributed by atoms with van der Waals surface area (Å²) in [7, 11) is 1.48. The average molecular weight is 326 g/mol. The number of hydrogen-bond acceptors (Lipinski definition) is 5. The van der Waals surface area contributed by atoms with E-state index in [0.29, 0.717) is 22.6 Å². The van der Waals surface area contributed by atoms with Crippen molar-refractivity contribution in [1.82, 2.24) is 0 Å². The number of esters is 1. The van der Waals surface area contributed by atoms with Crippen molar-refractivity contribution in [1.29, 1.82) is 0 Å². The van der Waals surface area contributed by atoms with Gasteiger partial charge in [0.15, 0.2) is 11.5 Å². The molecular weight excluding hydrogens is 308 g/mol. The van der Waals surface area contributed by atoms with Crippen molar-refractivity contribution in [3.05, 3.63) is 59.2 Å². The Bertz CT molecular complexity index is 796. The number of benzene rings is 2. The standard InChI is InChI=1S/C17H18N4O3/c1-11-5-3-4-6-13(11)16(22)24-14-8-7-12(9-15(14)23-2)10-20-21-17(18)19/h3-10H,1-2H3,(H4,18,19,21)/b20-10-. The third kappa shape index (κ3) is 4.33. The predicted octanol–water partition coefficient (Wildman–Crippen LogP) is 1.83. The molecule has 0 unspecified atom stereocenters. The summed E-state index contributed by atoms with van der Waals surface area (Å²) in [6.07, 6.45) is 1.45. The number of hydrogen-bond donors (Lipinski definition) is 2. The first-order valence-corrected chi connectivity index (χ1v) is 7.09. The van der Waals surface area contributed by atoms with Gasteiger partial charge in [0, 0.05) is 0 Å². The third-order valence-corrected chi connectivity index (χ3v) is 3.14. The van der Waals surface area contributed by atoms with Crippen molar-refractivity contribution in [2.24, 2.45) is 21.7 Å². The first kappa shape index (κ1) is 17.0. The van der Waals surface area contributed by atoms with Gasteiger partial charge in [-0.05, 0) is 42.3 Å². The molecular formula is C17H18N4O3. The van der Waals surface area contributed by atoms with Crippen LogP contribution in [0.3, 0.4) is 0 Å². The largest absolute Gasteiger partial charge is 0.493 e. The number of rotatable bonds is 5. The van der Waals surface area contributed by atoms with Crippen molar-refractivity contribution in [2.75, 3.05) is 7.11 Å². The molecule has 24 heavy (non-hydrogen) atoms. The van der Waals surface area contributed by atoms with E-state index >= 15 is 0 Å². The zero-order valence-corrected chi connectivity index (χ0v) is 13.4. The quantitative estimate of drug-likeness (QED) is 0.286. The zero-order chi connectivity index (χ0) is 17.5. The number of nitrogens with two attached hydrogens (primary N) is 2. The maximum absolute atomic E-state index is 12.3. The van der Waals surface area contributed by atoms with E-state index in [1.807, 2.05) is 19.1 Å². The van der Waals surface area contributed by atoms with Gasteiger partial charge < -0.3 is 20.9 Å². The van der Waals surface area contributed by atoms with Gasteiger partial charge in [-0.1, -0.05) is 18.2 Å². The van der Waals surface area contributed by atoms with E-state index in [2.05, 4.69) is 10.2 Å². The van der Waals surface area contributed by atoms with E-state index in [1.54, 1.807) is 30.3 Å². The van der Waals surface area contributed by atoms with Crippen molar-refractivity contribution < 1.29 is 14.3 Å². The highest BCUT2D eigenvalue weighted by molar-refractivity contribution is 5.93. The van der Waals surface area contributed by atoms with Crippen LogP contribution in [0.4, 0.5) is 0 Å². The molecule has 0 fully saturated rings. The molecule has 2 rings (SSSR count). The van der Waals surface area contributed by atoms with E-state index < -0.39 is 5.97 Å². The van der Waals surface area contributed by atoms with Gasteiger partial charge in [0.1, 0.15) is 0 Å². The Hall–Kier alpha value is -3.35. The zero-order valence-electron chi connectivity index (χ0n) is 13.4. The molecule has 0 amide bonds. The molecule has 4 N–H and O–H groups in total. The topological polar surface area (TPSA) is 112 Å². The molecule has 2 aromatic rings. The smallest absolute Gasteiger partial charge is 0.343 e. The number of ether oxygens (including phenoxy) is 2. The minimum absolute atomic E-state index is 0.137. The van der Waals surface area contributed by atoms with Crippen LogP contribution in [0.25, 0.3) is 0 Å². The van der Waals surface area contributed by atoms with Crippen LogP contribution < -0.4 is 20.9 Å². The molecule has 0 radical (unpaired) electrons. The van der Waals surface area contributed by atoms with Crippen LogP contribution in [0.5, 0.6) is 11.5 Å². The van der Waals surface area contributed by atoms with E-state index in [4.69, 9.17) is 20.9 Å². The van der Waals surface area contributed by atoms with Crippen molar-refractivity contribution in [2.45, 2.75) is 6.92 Å². The van der Waals surface area contributed by atoms with Crippen molar-refractivity contribution in [3.8, 4) is 11.5 Å². The lowest BCUT2D eigenvalue weighted by Gasteiger charge is -2.10. The first-order chi connectivity index (χ1) is 11.5. The van der Waals surface area contributed by atoms with Gasteiger partial charge in [-0.3, -0.25) is 0 Å². The highest BCUT2D eigenvalue weighted by Gasteiger charge is 2.14. The molecule has 0 heterocycles. The fourth-order valence-electron chi connectivity index (χ4n) is 1.97. The molecule has 0 saturated carbocycles. The van der Waals surface area contributed by atoms with Crippen LogP contribution in [0.15, 0.2) is 52.7 Å². The Kier molecular flexibility index (Phi) is 5.51. The Morgan fingerprint density at radius 1 is 1.12 bits per heavy atom. The van der Waals surface area contributed by atoms with Crippen LogP contribution >= 0.6 is 0 Å². The monoisotopic (exact) mass is 326 g/mol. The van der Waals surface area contributed by atoms with E-state index in [9.17, 15) is 4.79 Å². The van der Waals surface area contributed by atoms with Gasteiger partial charge in [0.05, 0.1) is 18.9 Å². The summed E-state index contributed by atoms with van der Waals surface area (Å²) in [6.45, 7) is 1.84. The minimum atomic E-state index is -0.451. The fourth-order valence-corrected chi connectivity index (χ4v) is 1.97. The molecule has 0 saturated heterocycles. The maximum atomic E-state index is 12.3. The molecule has 0 aliphatic rings. The van der Waals surface area contributed by atoms with Crippen molar-refractivity contribution >= 4 is 18.1 Å². The minimum Gasteiger partial charge on any atom is -0.493 e. The number of carbonyl (C=O) groups excluding carboxylic acids is 1. The first-order valence-electron chi connectivity index (χ1n) is 7.09. The number of nitrogens with zero attached hydrogens (tertiary/aromatic N) is 2. The van der Waals surface area contributed by atoms with Gasteiger partial charge in [0.2, 0.25) is 5.96 Å². The fraction of sp³-hybridized carbons (Fsp3) is 0.118. The van der Waals surface area contributed by atoms with E-state index in [-0.39, 0.29) is 5.96 Å². The van der Waals surface area contributed by atoms with Gasteiger partial charge in [-0.2, -0.15) is 5.10 Å². The molecule has 0 atom stereocenters. The lowest BCUT2D eigenvalue weighted by Crippen LogP contribution is -2.21. The summed E-state index contributed by atoms with van der Waals surface area (Å²) < 4.78 is 10.7. The summed E-state index contributed by atoms with van der Waals surface area (Å²) in [5.41, 5.74) is 12.4. The molecule has 7 nitrogen and oxygen atoms in total. The summed E-state index contributed by atoms with van der Waals surface area (Å²) in [5, 5.41) is 7.23. The van der Waals surface area contributed by atoms with Crippen LogP contribution in [0, 0.1) is 6.92 Å². The molecule has 2 aromatic carbocycles. The number of guanidine groups is 1. The average Bonchev–Trinajstić information content (AvgIpc) is 2.56. The third-order valence-electron chi connectivity index (χ3n) is 3.14. The Morgan fingerprint density at radius 2 is 1.88 bits per heavy atom. The van der Waals surface area contributed by atoms with E-state index in [0.717, 1.165) is 5.56 Å². The number of aryl methyl sites for hydroxylation is 1. The summed E-state index contributed by atoms with van der Waals surface area (Å²) in [4.78, 5) is 12.3. The highest BCUT2D eigenvalue weighted by atomic mass is 16.6. The summed E-state index contributed by atoms with van der Waals surface area (Å²) in [6, 6.07) is 12.2. The van der Waals surface area contributed by atoms with Gasteiger partial charge in [-0.15, -0.1) is 5.10 Å². The van der Waals surface area contributed by atoms with E-state index in [1.165, 1.54) is 13.3 Å². The number of methoxy groups -OCH3 is 1. The summed E-state index contributed by atoms with van der Waals surface area (Å²) in [5.74, 6) is 0.116. The second-order valence-corrected chi connectivity index (χ2v) is 4.88. The lowest BCUT2D eigenvalue weighted by molar-refractivity contribution is 0.0729. The normalized spacial score (nSPS) is 10.4. The second kappa shape index (κ2) is 7.77. The SMILES string of the molecule is COc1cc(/C=N\N=C(N)N)ccc1OC(=O)c1ccccc1C. The number of carbonyl (C=O) groups is 1. The van der Waals surface area contributed by atoms with Gasteiger partial charge >= 0.3 is 5.97 Å². The molecule has 124 valence electrons. The molecule has 0 aromatic heterocycles. The van der Waals surface area contributed by atoms with Gasteiger partial charge in [-0.25, -0.2) is 4.79 Å². The van der Waals surface area contributed by atoms with Crippen LogP contribution in [-0.2, 0) is 0 Å². The molecule has 0 bridgehead atoms. The molecule has 0 aliphatic heterocycles. The highest BCUT2D eigenvalue weighted by Crippen LogP contribution is 2.28. The second-order valence-electron chi connectivity index (χ2n) is 4.88. The molecule has 7 heteroatoms. The predicted molar refractivity (Wildman–Crippen MR) is 92.5 cm³/mol. The molecule has 0 aliphatic carbocycles. The van der Waals surface area contributed by atoms with Gasteiger partial charge in [0.25, 0.3) is 0 Å². The maximum Gasteiger partial charge on any atom is 0.343 e. The summed E-state index contributed by atoms with van der Waals surface area (Å²) >= 11 is 0.